The minimum atomic E-state index is 0.622. The molecule has 3 aromatic rings. The molecule has 1 saturated carbocycles. The van der Waals surface area contributed by atoms with Crippen molar-refractivity contribution in [2.75, 3.05) is 5.32 Å². The molecule has 1 aliphatic carbocycles. The second kappa shape index (κ2) is 6.11. The number of hydrogen-bond donors (Lipinski definition) is 2. The summed E-state index contributed by atoms with van der Waals surface area (Å²) in [4.78, 5) is 3.63. The van der Waals surface area contributed by atoms with E-state index in [0.717, 1.165) is 0 Å². The summed E-state index contributed by atoms with van der Waals surface area (Å²) >= 11 is 0. The number of aromatic amines is 1. The summed E-state index contributed by atoms with van der Waals surface area (Å²) in [6.07, 6.45) is 6.69. The van der Waals surface area contributed by atoms with E-state index < -0.39 is 0 Å². The lowest BCUT2D eigenvalue weighted by Gasteiger charge is -2.24. The van der Waals surface area contributed by atoms with Gasteiger partial charge in [-0.15, -0.1) is 0 Å². The maximum Gasteiger partial charge on any atom is 0.0694 e. The molecule has 0 aliphatic heterocycles. The van der Waals surface area contributed by atoms with Gasteiger partial charge < -0.3 is 10.3 Å². The molecule has 1 fully saturated rings. The van der Waals surface area contributed by atoms with Crippen LogP contribution in [0, 0.1) is 6.92 Å². The van der Waals surface area contributed by atoms with Crippen LogP contribution < -0.4 is 5.32 Å². The van der Waals surface area contributed by atoms with E-state index in [1.807, 2.05) is 0 Å². The molecule has 0 saturated heterocycles. The van der Waals surface area contributed by atoms with Crippen LogP contribution in [0.15, 0.2) is 48.5 Å². The Kier molecular flexibility index (Phi) is 3.82. The summed E-state index contributed by atoms with van der Waals surface area (Å²) in [5.41, 5.74) is 6.24. The predicted molar refractivity (Wildman–Crippen MR) is 99.0 cm³/mol. The Hall–Kier alpha value is -2.22. The number of hydrogen-bond acceptors (Lipinski definition) is 1. The van der Waals surface area contributed by atoms with E-state index in [0.29, 0.717) is 6.04 Å². The lowest BCUT2D eigenvalue weighted by molar-refractivity contribution is 0.463. The standard InChI is InChI=1S/C21H24N2/c1-15-12-17-14-19(16-8-4-2-5-9-16)23-21(17)20(13-15)22-18-10-6-3-7-11-18/h2,4-5,8-9,12-14,18,22-23H,3,6-7,10-11H2,1H3. The minimum absolute atomic E-state index is 0.622. The Morgan fingerprint density at radius 2 is 1.74 bits per heavy atom. The van der Waals surface area contributed by atoms with Crippen LogP contribution in [0.2, 0.25) is 0 Å². The van der Waals surface area contributed by atoms with Crippen LogP contribution in [0.1, 0.15) is 37.7 Å². The lowest BCUT2D eigenvalue weighted by atomic mass is 9.95. The summed E-state index contributed by atoms with van der Waals surface area (Å²) in [5, 5.41) is 5.09. The quantitative estimate of drug-likeness (QED) is 0.620. The van der Waals surface area contributed by atoms with Crippen molar-refractivity contribution in [1.82, 2.24) is 4.98 Å². The Bertz CT molecular complexity index is 795. The van der Waals surface area contributed by atoms with Gasteiger partial charge in [0, 0.05) is 17.1 Å². The zero-order chi connectivity index (χ0) is 15.6. The molecule has 0 unspecified atom stereocenters. The summed E-state index contributed by atoms with van der Waals surface area (Å²) in [6, 6.07) is 18.0. The first-order valence-electron chi connectivity index (χ1n) is 8.75. The molecule has 1 aliphatic rings. The van der Waals surface area contributed by atoms with Gasteiger partial charge in [0.25, 0.3) is 0 Å². The number of H-pyrrole nitrogens is 1. The number of aryl methyl sites for hydroxylation is 1. The van der Waals surface area contributed by atoms with Crippen LogP contribution in [0.4, 0.5) is 5.69 Å². The fourth-order valence-electron chi connectivity index (χ4n) is 3.75. The second-order valence-electron chi connectivity index (χ2n) is 6.81. The zero-order valence-corrected chi connectivity index (χ0v) is 13.7. The molecule has 2 heteroatoms. The highest BCUT2D eigenvalue weighted by Gasteiger charge is 2.15. The number of nitrogens with one attached hydrogen (secondary N) is 2. The van der Waals surface area contributed by atoms with Gasteiger partial charge in [0.2, 0.25) is 0 Å². The van der Waals surface area contributed by atoms with E-state index in [-0.39, 0.29) is 0 Å². The van der Waals surface area contributed by atoms with Crippen LogP contribution in [0.25, 0.3) is 22.2 Å². The van der Waals surface area contributed by atoms with Crippen molar-refractivity contribution in [2.24, 2.45) is 0 Å². The third-order valence-electron chi connectivity index (χ3n) is 4.92. The summed E-state index contributed by atoms with van der Waals surface area (Å²) in [5.74, 6) is 0. The first-order valence-corrected chi connectivity index (χ1v) is 8.75. The van der Waals surface area contributed by atoms with E-state index >= 15 is 0 Å². The average Bonchev–Trinajstić information content (AvgIpc) is 3.01. The first kappa shape index (κ1) is 14.4. The lowest BCUT2D eigenvalue weighted by Crippen LogP contribution is -2.22. The Balaban J connectivity index is 1.73. The van der Waals surface area contributed by atoms with Gasteiger partial charge in [-0.1, -0.05) is 49.6 Å². The van der Waals surface area contributed by atoms with E-state index in [2.05, 4.69) is 65.8 Å². The molecule has 0 atom stereocenters. The number of benzene rings is 2. The minimum Gasteiger partial charge on any atom is -0.381 e. The highest BCUT2D eigenvalue weighted by atomic mass is 14.9. The van der Waals surface area contributed by atoms with Gasteiger partial charge in [0.15, 0.2) is 0 Å². The van der Waals surface area contributed by atoms with Gasteiger partial charge in [0.1, 0.15) is 0 Å². The van der Waals surface area contributed by atoms with E-state index in [1.165, 1.54) is 65.5 Å². The van der Waals surface area contributed by atoms with Gasteiger partial charge in [-0.25, -0.2) is 0 Å². The molecule has 1 heterocycles. The van der Waals surface area contributed by atoms with Gasteiger partial charge in [-0.3, -0.25) is 0 Å². The molecule has 118 valence electrons. The molecular formula is C21H24N2. The molecule has 0 amide bonds. The molecule has 0 spiro atoms. The van der Waals surface area contributed by atoms with Crippen molar-refractivity contribution >= 4 is 16.6 Å². The van der Waals surface area contributed by atoms with Crippen LogP contribution in [-0.2, 0) is 0 Å². The molecule has 4 rings (SSSR count). The summed E-state index contributed by atoms with van der Waals surface area (Å²) in [7, 11) is 0. The van der Waals surface area contributed by atoms with E-state index in [4.69, 9.17) is 0 Å². The van der Waals surface area contributed by atoms with Crippen LogP contribution >= 0.6 is 0 Å². The third-order valence-corrected chi connectivity index (χ3v) is 4.92. The van der Waals surface area contributed by atoms with E-state index in [1.54, 1.807) is 0 Å². The zero-order valence-electron chi connectivity index (χ0n) is 13.7. The van der Waals surface area contributed by atoms with Gasteiger partial charge >= 0.3 is 0 Å². The van der Waals surface area contributed by atoms with Crippen molar-refractivity contribution < 1.29 is 0 Å². The molecule has 1 aromatic heterocycles. The van der Waals surface area contributed by atoms with Crippen LogP contribution in [0.5, 0.6) is 0 Å². The first-order chi connectivity index (χ1) is 11.3. The monoisotopic (exact) mass is 304 g/mol. The predicted octanol–water partition coefficient (Wildman–Crippen LogP) is 5.89. The SMILES string of the molecule is Cc1cc(NC2CCCCC2)c2[nH]c(-c3ccccc3)cc2c1. The highest BCUT2D eigenvalue weighted by Crippen LogP contribution is 2.32. The Labute approximate surface area is 137 Å². The van der Waals surface area contributed by atoms with Crippen molar-refractivity contribution in [2.45, 2.75) is 45.1 Å². The molecule has 2 nitrogen and oxygen atoms in total. The van der Waals surface area contributed by atoms with Crippen LogP contribution in [-0.4, -0.2) is 11.0 Å². The van der Waals surface area contributed by atoms with Gasteiger partial charge in [0.05, 0.1) is 11.2 Å². The molecule has 2 aromatic carbocycles. The van der Waals surface area contributed by atoms with Crippen molar-refractivity contribution in [3.05, 3.63) is 54.1 Å². The second-order valence-corrected chi connectivity index (χ2v) is 6.81. The fraction of sp³-hybridized carbons (Fsp3) is 0.333. The molecular weight excluding hydrogens is 280 g/mol. The van der Waals surface area contributed by atoms with Gasteiger partial charge in [-0.05, 0) is 49.1 Å². The Morgan fingerprint density at radius 3 is 2.52 bits per heavy atom. The summed E-state index contributed by atoms with van der Waals surface area (Å²) < 4.78 is 0. The number of rotatable bonds is 3. The van der Waals surface area contributed by atoms with E-state index in [9.17, 15) is 0 Å². The molecule has 23 heavy (non-hydrogen) atoms. The highest BCUT2D eigenvalue weighted by molar-refractivity contribution is 5.95. The number of fused-ring (bicyclic) bond motifs is 1. The van der Waals surface area contributed by atoms with Crippen molar-refractivity contribution in [3.8, 4) is 11.3 Å². The fourth-order valence-corrected chi connectivity index (χ4v) is 3.75. The maximum atomic E-state index is 3.80. The normalized spacial score (nSPS) is 15.9. The maximum absolute atomic E-state index is 3.80. The topological polar surface area (TPSA) is 27.8 Å². The molecule has 0 bridgehead atoms. The average molecular weight is 304 g/mol. The largest absolute Gasteiger partial charge is 0.381 e. The smallest absolute Gasteiger partial charge is 0.0694 e. The Morgan fingerprint density at radius 1 is 0.957 bits per heavy atom. The molecule has 0 radical (unpaired) electrons. The number of aromatic nitrogens is 1. The van der Waals surface area contributed by atoms with Crippen LogP contribution in [0.3, 0.4) is 0 Å². The third kappa shape index (κ3) is 2.98. The van der Waals surface area contributed by atoms with Gasteiger partial charge in [-0.2, -0.15) is 0 Å². The van der Waals surface area contributed by atoms with Crippen molar-refractivity contribution in [1.29, 1.82) is 0 Å². The number of anilines is 1. The summed E-state index contributed by atoms with van der Waals surface area (Å²) in [6.45, 7) is 2.18. The van der Waals surface area contributed by atoms with Crippen molar-refractivity contribution in [3.63, 3.8) is 0 Å². The molecule has 2 N–H and O–H groups in total.